The summed E-state index contributed by atoms with van der Waals surface area (Å²) in [6, 6.07) is 13.7. The highest BCUT2D eigenvalue weighted by Crippen LogP contribution is 2.42. The molecule has 0 spiro atoms. The van der Waals surface area contributed by atoms with Crippen LogP contribution in [0.25, 0.3) is 16.0 Å². The number of aromatic nitrogens is 2. The SMILES string of the molecule is [C-]#[N+]c1c(N)nc(SCc2csc(Nc3cccc(Cl)c3F)n2)c(C#N)c1-c1ccc(OCCO)cc1. The standard InChI is InChI=1S/C25H18ClFN6O2S2/c1-30-22-20(14-5-7-16(8-6-14)35-10-9-34)17(11-28)24(33-23(22)29)36-12-15-13-37-25(31-15)32-19-4-2-3-18(26)21(19)27/h2-8,13,34H,9-10,12H2,(H2,29,33)(H,31,32). The number of ether oxygens (including phenoxy) is 1. The molecule has 4 rings (SSSR count). The van der Waals surface area contributed by atoms with Crippen LogP contribution in [-0.4, -0.2) is 28.3 Å². The zero-order chi connectivity index (χ0) is 26.4. The fraction of sp³-hybridized carbons (Fsp3) is 0.120. The number of halogens is 2. The zero-order valence-corrected chi connectivity index (χ0v) is 21.4. The number of benzene rings is 2. The van der Waals surface area contributed by atoms with Crippen molar-refractivity contribution in [2.24, 2.45) is 0 Å². The summed E-state index contributed by atoms with van der Waals surface area (Å²) in [4.78, 5) is 12.3. The molecule has 0 bridgehead atoms. The van der Waals surface area contributed by atoms with Crippen LogP contribution in [0, 0.1) is 23.7 Å². The van der Waals surface area contributed by atoms with E-state index in [9.17, 15) is 9.65 Å². The first-order valence-corrected chi connectivity index (χ1v) is 12.9. The van der Waals surface area contributed by atoms with Crippen molar-refractivity contribution in [1.82, 2.24) is 9.97 Å². The Hall–Kier alpha value is -3.87. The third-order valence-corrected chi connectivity index (χ3v) is 7.10. The summed E-state index contributed by atoms with van der Waals surface area (Å²) in [6.45, 7) is 7.64. The van der Waals surface area contributed by atoms with Gasteiger partial charge in [0.2, 0.25) is 5.69 Å². The number of nitrogen functional groups attached to an aromatic ring is 1. The van der Waals surface area contributed by atoms with Crippen LogP contribution in [0.5, 0.6) is 5.75 Å². The fourth-order valence-corrected chi connectivity index (χ4v) is 5.23. The van der Waals surface area contributed by atoms with Crippen molar-refractivity contribution < 1.29 is 14.2 Å². The van der Waals surface area contributed by atoms with Crippen molar-refractivity contribution in [1.29, 1.82) is 5.26 Å². The number of nitriles is 1. The summed E-state index contributed by atoms with van der Waals surface area (Å²) >= 11 is 8.39. The van der Waals surface area contributed by atoms with Crippen LogP contribution in [0.4, 0.5) is 26.7 Å². The molecule has 0 radical (unpaired) electrons. The van der Waals surface area contributed by atoms with E-state index >= 15 is 0 Å². The lowest BCUT2D eigenvalue weighted by Crippen LogP contribution is -2.02. The summed E-state index contributed by atoms with van der Waals surface area (Å²) in [5.41, 5.74) is 8.32. The van der Waals surface area contributed by atoms with Crippen LogP contribution in [-0.2, 0) is 5.75 Å². The van der Waals surface area contributed by atoms with E-state index in [0.29, 0.717) is 38.5 Å². The van der Waals surface area contributed by atoms with E-state index in [4.69, 9.17) is 33.8 Å². The molecule has 8 nitrogen and oxygen atoms in total. The quantitative estimate of drug-likeness (QED) is 0.161. The number of pyridine rings is 1. The average molecular weight is 553 g/mol. The summed E-state index contributed by atoms with van der Waals surface area (Å²) in [7, 11) is 0. The number of nitrogens with one attached hydrogen (secondary N) is 1. The van der Waals surface area contributed by atoms with E-state index < -0.39 is 5.82 Å². The van der Waals surface area contributed by atoms with E-state index in [1.54, 1.807) is 36.4 Å². The molecule has 2 aromatic heterocycles. The van der Waals surface area contributed by atoms with Gasteiger partial charge in [-0.25, -0.2) is 19.2 Å². The van der Waals surface area contributed by atoms with Gasteiger partial charge in [-0.05, 0) is 29.8 Å². The Kier molecular flexibility index (Phi) is 8.43. The molecule has 0 atom stereocenters. The molecule has 186 valence electrons. The molecule has 12 heteroatoms. The van der Waals surface area contributed by atoms with E-state index in [0.717, 1.165) is 0 Å². The fourth-order valence-electron chi connectivity index (χ4n) is 3.34. The number of aliphatic hydroxyl groups excluding tert-OH is 1. The normalized spacial score (nSPS) is 10.5. The zero-order valence-electron chi connectivity index (χ0n) is 19.0. The third-order valence-electron chi connectivity index (χ3n) is 4.99. The molecular weight excluding hydrogens is 535 g/mol. The van der Waals surface area contributed by atoms with E-state index in [2.05, 4.69) is 26.2 Å². The maximum absolute atomic E-state index is 14.2. The van der Waals surface area contributed by atoms with Gasteiger partial charge >= 0.3 is 0 Å². The van der Waals surface area contributed by atoms with Gasteiger partial charge in [-0.2, -0.15) is 5.26 Å². The maximum Gasteiger partial charge on any atom is 0.236 e. The van der Waals surface area contributed by atoms with E-state index in [1.165, 1.54) is 29.2 Å². The molecule has 0 aliphatic rings. The summed E-state index contributed by atoms with van der Waals surface area (Å²) in [6.07, 6.45) is 0. The molecule has 0 aliphatic carbocycles. The van der Waals surface area contributed by atoms with Gasteiger partial charge in [0.05, 0.1) is 35.1 Å². The third kappa shape index (κ3) is 5.93. The van der Waals surface area contributed by atoms with E-state index in [-0.39, 0.29) is 41.0 Å². The number of rotatable bonds is 9. The molecule has 0 unspecified atom stereocenters. The highest BCUT2D eigenvalue weighted by atomic mass is 35.5. The smallest absolute Gasteiger partial charge is 0.236 e. The predicted molar refractivity (Wildman–Crippen MR) is 144 cm³/mol. The topological polar surface area (TPSA) is 121 Å². The van der Waals surface area contributed by atoms with Crippen molar-refractivity contribution in [3.63, 3.8) is 0 Å². The minimum atomic E-state index is -0.561. The van der Waals surface area contributed by atoms with Gasteiger partial charge in [-0.1, -0.05) is 41.6 Å². The Labute approximate surface area is 225 Å². The lowest BCUT2D eigenvalue weighted by Gasteiger charge is -2.13. The van der Waals surface area contributed by atoms with Gasteiger partial charge in [0.25, 0.3) is 0 Å². The summed E-state index contributed by atoms with van der Waals surface area (Å²) in [5.74, 6) is 0.364. The van der Waals surface area contributed by atoms with Gasteiger partial charge < -0.3 is 20.9 Å². The second-order valence-electron chi connectivity index (χ2n) is 7.38. The van der Waals surface area contributed by atoms with Crippen LogP contribution in [0.2, 0.25) is 5.02 Å². The number of nitrogens with two attached hydrogens (primary N) is 1. The number of anilines is 3. The number of aliphatic hydroxyl groups is 1. The average Bonchev–Trinajstić information content (AvgIpc) is 3.36. The van der Waals surface area contributed by atoms with Gasteiger partial charge in [0, 0.05) is 16.7 Å². The number of hydrogen-bond acceptors (Lipinski definition) is 9. The molecule has 4 aromatic rings. The van der Waals surface area contributed by atoms with Crippen LogP contribution < -0.4 is 15.8 Å². The Morgan fingerprint density at radius 2 is 2.05 bits per heavy atom. The first kappa shape index (κ1) is 26.2. The predicted octanol–water partition coefficient (Wildman–Crippen LogP) is 6.41. The van der Waals surface area contributed by atoms with Gasteiger partial charge in [0.15, 0.2) is 10.9 Å². The molecule has 0 saturated heterocycles. The largest absolute Gasteiger partial charge is 0.491 e. The molecular formula is C25H18ClFN6O2S2. The van der Waals surface area contributed by atoms with Crippen molar-refractivity contribution >= 4 is 57.0 Å². The van der Waals surface area contributed by atoms with Crippen LogP contribution >= 0.6 is 34.7 Å². The second kappa shape index (κ2) is 11.9. The van der Waals surface area contributed by atoms with Crippen molar-refractivity contribution in [2.75, 3.05) is 24.3 Å². The van der Waals surface area contributed by atoms with Crippen LogP contribution in [0.1, 0.15) is 11.3 Å². The summed E-state index contributed by atoms with van der Waals surface area (Å²) < 4.78 is 19.6. The molecule has 2 heterocycles. The van der Waals surface area contributed by atoms with E-state index in [1.807, 2.05) is 5.38 Å². The minimum Gasteiger partial charge on any atom is -0.491 e. The molecule has 2 aromatic carbocycles. The minimum absolute atomic E-state index is 0.0102. The number of thioether (sulfide) groups is 1. The van der Waals surface area contributed by atoms with Crippen molar-refractivity contribution in [3.8, 4) is 22.9 Å². The van der Waals surface area contributed by atoms with Gasteiger partial charge in [-0.15, -0.1) is 11.3 Å². The monoisotopic (exact) mass is 552 g/mol. The van der Waals surface area contributed by atoms with Crippen molar-refractivity contribution in [2.45, 2.75) is 10.8 Å². The Morgan fingerprint density at radius 3 is 2.76 bits per heavy atom. The molecule has 0 aliphatic heterocycles. The molecule has 4 N–H and O–H groups in total. The molecule has 0 amide bonds. The van der Waals surface area contributed by atoms with Gasteiger partial charge in [0.1, 0.15) is 29.3 Å². The molecule has 0 fully saturated rings. The lowest BCUT2D eigenvalue weighted by atomic mass is 10.00. The lowest BCUT2D eigenvalue weighted by molar-refractivity contribution is 0.201. The summed E-state index contributed by atoms with van der Waals surface area (Å²) in [5, 5.41) is 24.5. The number of nitrogens with zero attached hydrogens (tertiary/aromatic N) is 4. The highest BCUT2D eigenvalue weighted by Gasteiger charge is 2.21. The second-order valence-corrected chi connectivity index (χ2v) is 9.61. The number of thiazole rings is 1. The van der Waals surface area contributed by atoms with Crippen LogP contribution in [0.15, 0.2) is 52.9 Å². The maximum atomic E-state index is 14.2. The number of hydrogen-bond donors (Lipinski definition) is 3. The molecule has 0 saturated carbocycles. The first-order chi connectivity index (χ1) is 17.9. The van der Waals surface area contributed by atoms with Crippen molar-refractivity contribution in [3.05, 3.63) is 81.4 Å². The highest BCUT2D eigenvalue weighted by molar-refractivity contribution is 7.98. The first-order valence-electron chi connectivity index (χ1n) is 10.7. The Bertz CT molecular complexity index is 1520. The molecule has 37 heavy (non-hydrogen) atoms. The van der Waals surface area contributed by atoms with Gasteiger partial charge in [-0.3, -0.25) is 0 Å². The Morgan fingerprint density at radius 1 is 1.27 bits per heavy atom. The Balaban J connectivity index is 1.58. The van der Waals surface area contributed by atoms with Crippen LogP contribution in [0.3, 0.4) is 0 Å².